The van der Waals surface area contributed by atoms with Crippen molar-refractivity contribution in [2.75, 3.05) is 24.6 Å². The molecule has 0 saturated carbocycles. The van der Waals surface area contributed by atoms with Crippen molar-refractivity contribution in [1.82, 2.24) is 9.97 Å². The molecule has 0 aliphatic carbocycles. The van der Waals surface area contributed by atoms with Crippen molar-refractivity contribution in [2.45, 2.75) is 20.3 Å². The number of hydrogen-bond donors (Lipinski definition) is 0. The van der Waals surface area contributed by atoms with E-state index in [4.69, 9.17) is 16.3 Å². The maximum atomic E-state index is 11.5. The molecule has 17 heavy (non-hydrogen) atoms. The molecule has 6 heteroatoms. The van der Waals surface area contributed by atoms with Crippen LogP contribution < -0.4 is 4.90 Å². The van der Waals surface area contributed by atoms with Gasteiger partial charge in [0.1, 0.15) is 17.9 Å². The first-order valence-corrected chi connectivity index (χ1v) is 5.92. The first-order valence-electron chi connectivity index (χ1n) is 5.55. The van der Waals surface area contributed by atoms with Gasteiger partial charge < -0.3 is 9.64 Å². The number of ether oxygens (including phenoxy) is 1. The Hall–Kier alpha value is -1.36. The zero-order chi connectivity index (χ0) is 12.7. The largest absolute Gasteiger partial charge is 0.465 e. The van der Waals surface area contributed by atoms with E-state index in [1.165, 1.54) is 12.5 Å². The maximum Gasteiger partial charge on any atom is 0.325 e. The van der Waals surface area contributed by atoms with Crippen molar-refractivity contribution in [3.8, 4) is 0 Å². The molecule has 0 aromatic carbocycles. The fraction of sp³-hybridized carbons (Fsp3) is 0.545. The Morgan fingerprint density at radius 3 is 2.88 bits per heavy atom. The third-order valence-corrected chi connectivity index (χ3v) is 2.33. The highest BCUT2D eigenvalue weighted by atomic mass is 35.5. The summed E-state index contributed by atoms with van der Waals surface area (Å²) in [4.78, 5) is 21.2. The van der Waals surface area contributed by atoms with Crippen LogP contribution in [-0.4, -0.2) is 35.6 Å². The van der Waals surface area contributed by atoms with Crippen LogP contribution in [0.5, 0.6) is 0 Å². The third-order valence-electron chi connectivity index (χ3n) is 2.07. The monoisotopic (exact) mass is 257 g/mol. The number of carbonyl (C=O) groups is 1. The summed E-state index contributed by atoms with van der Waals surface area (Å²) in [5.41, 5.74) is 0. The van der Waals surface area contributed by atoms with Gasteiger partial charge in [-0.2, -0.15) is 0 Å². The molecule has 0 fully saturated rings. The lowest BCUT2D eigenvalue weighted by Gasteiger charge is -2.22. The Kier molecular flexibility index (Phi) is 5.69. The average Bonchev–Trinajstić information content (AvgIpc) is 2.29. The zero-order valence-electron chi connectivity index (χ0n) is 10.0. The van der Waals surface area contributed by atoms with E-state index in [0.29, 0.717) is 24.0 Å². The van der Waals surface area contributed by atoms with Crippen molar-refractivity contribution in [3.63, 3.8) is 0 Å². The van der Waals surface area contributed by atoms with Crippen molar-refractivity contribution in [1.29, 1.82) is 0 Å². The molecular weight excluding hydrogens is 242 g/mol. The Labute approximate surface area is 106 Å². The molecule has 5 nitrogen and oxygen atoms in total. The number of rotatable bonds is 6. The SMILES string of the molecule is CCCN(CC(=O)OCC)c1ncncc1Cl. The second-order valence-corrected chi connectivity index (χ2v) is 3.83. The third kappa shape index (κ3) is 4.19. The van der Waals surface area contributed by atoms with Gasteiger partial charge in [0.15, 0.2) is 5.82 Å². The van der Waals surface area contributed by atoms with E-state index in [9.17, 15) is 4.79 Å². The topological polar surface area (TPSA) is 55.3 Å². The van der Waals surface area contributed by atoms with Crippen LogP contribution in [0.2, 0.25) is 5.02 Å². The molecule has 0 aliphatic rings. The lowest BCUT2D eigenvalue weighted by molar-refractivity contribution is -0.141. The quantitative estimate of drug-likeness (QED) is 0.729. The molecule has 0 bridgehead atoms. The standard InChI is InChI=1S/C11H16ClN3O2/c1-3-5-15(7-10(16)17-4-2)11-9(12)6-13-8-14-11/h6,8H,3-5,7H2,1-2H3. The van der Waals surface area contributed by atoms with Crippen LogP contribution in [0.1, 0.15) is 20.3 Å². The summed E-state index contributed by atoms with van der Waals surface area (Å²) in [6, 6.07) is 0. The summed E-state index contributed by atoms with van der Waals surface area (Å²) in [5.74, 6) is 0.284. The number of carbonyl (C=O) groups excluding carboxylic acids is 1. The predicted octanol–water partition coefficient (Wildman–Crippen LogP) is 1.91. The first kappa shape index (κ1) is 13.7. The van der Waals surface area contributed by atoms with Crippen molar-refractivity contribution in [3.05, 3.63) is 17.5 Å². The summed E-state index contributed by atoms with van der Waals surface area (Å²) >= 11 is 6.00. The van der Waals surface area contributed by atoms with Gasteiger partial charge in [0.2, 0.25) is 0 Å². The Bertz CT molecular complexity index is 373. The van der Waals surface area contributed by atoms with Crippen molar-refractivity contribution >= 4 is 23.4 Å². The van der Waals surface area contributed by atoms with E-state index < -0.39 is 0 Å². The highest BCUT2D eigenvalue weighted by molar-refractivity contribution is 6.32. The fourth-order valence-electron chi connectivity index (χ4n) is 1.43. The van der Waals surface area contributed by atoms with Crippen LogP contribution >= 0.6 is 11.6 Å². The van der Waals surface area contributed by atoms with Crippen molar-refractivity contribution in [2.24, 2.45) is 0 Å². The second-order valence-electron chi connectivity index (χ2n) is 3.42. The molecule has 0 aliphatic heterocycles. The molecule has 1 heterocycles. The average molecular weight is 258 g/mol. The van der Waals surface area contributed by atoms with Gasteiger partial charge in [-0.3, -0.25) is 4.79 Å². The summed E-state index contributed by atoms with van der Waals surface area (Å²) in [7, 11) is 0. The normalized spacial score (nSPS) is 10.1. The van der Waals surface area contributed by atoms with Crippen molar-refractivity contribution < 1.29 is 9.53 Å². The van der Waals surface area contributed by atoms with Gasteiger partial charge in [-0.1, -0.05) is 18.5 Å². The van der Waals surface area contributed by atoms with E-state index in [0.717, 1.165) is 6.42 Å². The molecule has 0 radical (unpaired) electrons. The Balaban J connectivity index is 2.78. The van der Waals surface area contributed by atoms with Gasteiger partial charge in [-0.05, 0) is 13.3 Å². The second kappa shape index (κ2) is 7.06. The smallest absolute Gasteiger partial charge is 0.325 e. The molecule has 0 saturated heterocycles. The fourth-order valence-corrected chi connectivity index (χ4v) is 1.66. The Morgan fingerprint density at radius 2 is 2.29 bits per heavy atom. The summed E-state index contributed by atoms with van der Waals surface area (Å²) < 4.78 is 4.91. The lowest BCUT2D eigenvalue weighted by Crippen LogP contribution is -2.32. The minimum atomic E-state index is -0.282. The number of nitrogens with zero attached hydrogens (tertiary/aromatic N) is 3. The van der Waals surface area contributed by atoms with Gasteiger partial charge in [-0.15, -0.1) is 0 Å². The number of esters is 1. The molecule has 0 atom stereocenters. The van der Waals surface area contributed by atoms with Crippen LogP contribution in [0.15, 0.2) is 12.5 Å². The molecular formula is C11H16ClN3O2. The van der Waals surface area contributed by atoms with E-state index >= 15 is 0 Å². The van der Waals surface area contributed by atoms with Gasteiger partial charge in [0, 0.05) is 6.54 Å². The molecule has 0 spiro atoms. The van der Waals surface area contributed by atoms with Crippen LogP contribution in [0.25, 0.3) is 0 Å². The summed E-state index contributed by atoms with van der Waals surface area (Å²) in [5, 5.41) is 0.435. The highest BCUT2D eigenvalue weighted by Crippen LogP contribution is 2.21. The minimum Gasteiger partial charge on any atom is -0.465 e. The lowest BCUT2D eigenvalue weighted by atomic mass is 10.4. The Morgan fingerprint density at radius 1 is 1.53 bits per heavy atom. The van der Waals surface area contributed by atoms with Crippen LogP contribution in [0.4, 0.5) is 5.82 Å². The minimum absolute atomic E-state index is 0.151. The van der Waals surface area contributed by atoms with Gasteiger partial charge >= 0.3 is 5.97 Å². The maximum absolute atomic E-state index is 11.5. The summed E-state index contributed by atoms with van der Waals surface area (Å²) in [6.07, 6.45) is 3.81. The zero-order valence-corrected chi connectivity index (χ0v) is 10.8. The van der Waals surface area contributed by atoms with Crippen LogP contribution in [0.3, 0.4) is 0 Å². The van der Waals surface area contributed by atoms with Gasteiger partial charge in [0.25, 0.3) is 0 Å². The number of aromatic nitrogens is 2. The number of hydrogen-bond acceptors (Lipinski definition) is 5. The number of halogens is 1. The van der Waals surface area contributed by atoms with Gasteiger partial charge in [0.05, 0.1) is 12.8 Å². The van der Waals surface area contributed by atoms with E-state index in [1.54, 1.807) is 11.8 Å². The highest BCUT2D eigenvalue weighted by Gasteiger charge is 2.15. The van der Waals surface area contributed by atoms with E-state index in [-0.39, 0.29) is 12.5 Å². The molecule has 1 aromatic rings. The van der Waals surface area contributed by atoms with E-state index in [2.05, 4.69) is 9.97 Å². The molecule has 1 aromatic heterocycles. The van der Waals surface area contributed by atoms with Crippen LogP contribution in [-0.2, 0) is 9.53 Å². The number of anilines is 1. The molecule has 0 amide bonds. The van der Waals surface area contributed by atoms with Crippen LogP contribution in [0, 0.1) is 0 Å². The van der Waals surface area contributed by atoms with E-state index in [1.807, 2.05) is 6.92 Å². The molecule has 1 rings (SSSR count). The summed E-state index contributed by atoms with van der Waals surface area (Å²) in [6.45, 7) is 5.01. The molecule has 0 unspecified atom stereocenters. The molecule has 94 valence electrons. The predicted molar refractivity (Wildman–Crippen MR) is 66.2 cm³/mol. The van der Waals surface area contributed by atoms with Gasteiger partial charge in [-0.25, -0.2) is 9.97 Å². The first-order chi connectivity index (χ1) is 8.19. The molecule has 0 N–H and O–H groups in total.